The summed E-state index contributed by atoms with van der Waals surface area (Å²) in [7, 11) is 0. The number of aromatic nitrogens is 9. The Morgan fingerprint density at radius 2 is 0.320 bits per heavy atom. The summed E-state index contributed by atoms with van der Waals surface area (Å²) >= 11 is 5.55. The molecule has 0 saturated carbocycles. The van der Waals surface area contributed by atoms with E-state index in [2.05, 4.69) is 431 Å². The Hall–Kier alpha value is -18.7. The highest BCUT2D eigenvalue weighted by atomic mass is 32.1. The molecule has 28 aromatic rings. The molecule has 28 rings (SSSR count). The fourth-order valence-corrected chi connectivity index (χ4v) is 24.0. The van der Waals surface area contributed by atoms with Crippen LogP contribution in [0.25, 0.3) is 273 Å². The van der Waals surface area contributed by atoms with Gasteiger partial charge < -0.3 is 0 Å². The van der Waals surface area contributed by atoms with Gasteiger partial charge in [-0.3, -0.25) is 0 Å². The lowest BCUT2D eigenvalue weighted by Crippen LogP contribution is -1.96. The van der Waals surface area contributed by atoms with Gasteiger partial charge in [0.15, 0.2) is 17.5 Å². The Morgan fingerprint density at radius 1 is 0.129 bits per heavy atom. The van der Waals surface area contributed by atoms with E-state index in [0.717, 1.165) is 135 Å². The SMILES string of the molecule is c1ccc(-c2cc(-c3ccc(-c4nc5cccc(-c6ccccc6)c5c5sc6ccccc6c45)cc3)nc(-c3ccccc3)n2)cc1.c1ccc(-c2cc(-c3ccccc3)nc(-c3ccc(-c4nc5cccc(-c6ccccc6)c5c5sc6ccccc6c45)cc3)n2)cc1.c1ccc(-c2ccc(-c3cc(-c4ccccc4)nc(-c4ccc(-c5nc6cccc(-c7ccccc7)c6c6sc7ccccc7c56)cc4)n3)cc2)cc1. The van der Waals surface area contributed by atoms with Crippen LogP contribution in [-0.2, 0) is 0 Å². The fraction of sp³-hybridized carbons (Fsp3) is 0. The minimum atomic E-state index is 0.685. The van der Waals surface area contributed by atoms with Gasteiger partial charge in [-0.1, -0.05) is 461 Å². The summed E-state index contributed by atoms with van der Waals surface area (Å²) in [6, 6.07) is 180. The van der Waals surface area contributed by atoms with Gasteiger partial charge in [-0.25, -0.2) is 44.9 Å². The van der Waals surface area contributed by atoms with Crippen molar-refractivity contribution in [3.8, 4) is 180 Å². The predicted octanol–water partition coefficient (Wildman–Crippen LogP) is 36.9. The highest BCUT2D eigenvalue weighted by molar-refractivity contribution is 7.27. The summed E-state index contributed by atoms with van der Waals surface area (Å²) in [6.45, 7) is 0. The molecule has 9 aromatic heterocycles. The van der Waals surface area contributed by atoms with Gasteiger partial charge in [0.1, 0.15) is 0 Å². The molecule has 0 spiro atoms. The zero-order chi connectivity index (χ0) is 97.5. The lowest BCUT2D eigenvalue weighted by atomic mass is 9.96. The molecule has 0 aliphatic carbocycles. The van der Waals surface area contributed by atoms with Crippen molar-refractivity contribution >= 4 is 127 Å². The largest absolute Gasteiger partial charge is 0.247 e. The predicted molar refractivity (Wildman–Crippen MR) is 618 cm³/mol. The Bertz CT molecular complexity index is 9300. The first-order valence-corrected chi connectivity index (χ1v) is 51.6. The van der Waals surface area contributed by atoms with Crippen LogP contribution in [0.15, 0.2) is 516 Å². The fourth-order valence-electron chi connectivity index (χ4n) is 20.2. The van der Waals surface area contributed by atoms with E-state index in [4.69, 9.17) is 44.9 Å². The van der Waals surface area contributed by atoms with Crippen molar-refractivity contribution in [3.05, 3.63) is 516 Å². The van der Waals surface area contributed by atoms with E-state index < -0.39 is 0 Å². The first-order valence-electron chi connectivity index (χ1n) is 49.2. The maximum Gasteiger partial charge on any atom is 0.160 e. The van der Waals surface area contributed by atoms with E-state index in [9.17, 15) is 0 Å². The molecule has 0 radical (unpaired) electrons. The van der Waals surface area contributed by atoms with Gasteiger partial charge >= 0.3 is 0 Å². The van der Waals surface area contributed by atoms with Gasteiger partial charge in [-0.05, 0) is 99.1 Å². The molecule has 0 fully saturated rings. The molecule has 147 heavy (non-hydrogen) atoms. The molecule has 9 nitrogen and oxygen atoms in total. The van der Waals surface area contributed by atoms with Crippen molar-refractivity contribution in [2.24, 2.45) is 0 Å². The summed E-state index contributed by atoms with van der Waals surface area (Å²) in [5.41, 5.74) is 33.3. The smallest absolute Gasteiger partial charge is 0.160 e. The quantitative estimate of drug-likeness (QED) is 0.0932. The Morgan fingerprint density at radius 3 is 0.585 bits per heavy atom. The second-order valence-corrected chi connectivity index (χ2v) is 39.5. The van der Waals surface area contributed by atoms with E-state index in [1.54, 1.807) is 0 Å². The molecular formula is C135H85N9S3. The highest BCUT2D eigenvalue weighted by Crippen LogP contribution is 2.51. The second kappa shape index (κ2) is 39.0. The Labute approximate surface area is 861 Å². The van der Waals surface area contributed by atoms with Crippen LogP contribution in [0.5, 0.6) is 0 Å². The molecule has 688 valence electrons. The molecule has 0 aliphatic heterocycles. The number of benzene rings is 19. The van der Waals surface area contributed by atoms with Crippen molar-refractivity contribution in [1.29, 1.82) is 0 Å². The van der Waals surface area contributed by atoms with E-state index in [1.165, 1.54) is 121 Å². The van der Waals surface area contributed by atoms with Crippen LogP contribution in [0, 0.1) is 0 Å². The summed E-state index contributed by atoms with van der Waals surface area (Å²) in [4.78, 5) is 46.5. The topological polar surface area (TPSA) is 116 Å². The van der Waals surface area contributed by atoms with Crippen LogP contribution in [0.3, 0.4) is 0 Å². The zero-order valence-electron chi connectivity index (χ0n) is 79.3. The standard InChI is InChI=1S/C49H31N3S.2C43H27N3S/c1-4-13-32(14-5-1)33-23-25-36(26-24-33)43-31-42(35-17-8-3-9-18-35)51-49(52-43)38-29-27-37(28-30-38)47-46-40-19-10-11-22-44(40)53-48(46)45-39(20-12-21-41(45)50-47)34-15-6-2-7-16-34;1-4-13-28(14-5-1)33-20-12-21-35-39(33)42-40(34-19-10-11-22-38(34)47-42)41(44-35)31-25-23-30(24-26-31)37-27-36(29-15-6-2-7-16-29)45-43(46-37)32-17-8-3-9-18-32;1-4-13-28(14-5-1)33-20-12-21-35-39(33)42-40(34-19-10-11-22-38(34)47-42)41(44-35)31-23-25-32(26-24-31)43-45-36(29-15-6-2-7-16-29)27-37(46-43)30-17-8-3-9-18-30/h1-31H;2*1-27H. The third kappa shape index (κ3) is 17.3. The molecular weight excluding hydrogens is 1840 g/mol. The number of rotatable bonds is 16. The van der Waals surface area contributed by atoms with Crippen LogP contribution in [0.4, 0.5) is 0 Å². The molecule has 0 bridgehead atoms. The molecule has 9 heterocycles. The van der Waals surface area contributed by atoms with Gasteiger partial charge in [0.05, 0.1) is 67.8 Å². The van der Waals surface area contributed by atoms with E-state index in [-0.39, 0.29) is 0 Å². The third-order valence-electron chi connectivity index (χ3n) is 27.3. The van der Waals surface area contributed by atoms with Crippen LogP contribution >= 0.6 is 34.0 Å². The van der Waals surface area contributed by atoms with Gasteiger partial charge in [-0.2, -0.15) is 0 Å². The van der Waals surface area contributed by atoms with Gasteiger partial charge in [0.25, 0.3) is 0 Å². The van der Waals surface area contributed by atoms with E-state index >= 15 is 0 Å². The highest BCUT2D eigenvalue weighted by Gasteiger charge is 2.26. The van der Waals surface area contributed by atoms with Crippen molar-refractivity contribution in [2.45, 2.75) is 0 Å². The minimum absolute atomic E-state index is 0.685. The second-order valence-electron chi connectivity index (χ2n) is 36.4. The first-order chi connectivity index (χ1) is 72.9. The van der Waals surface area contributed by atoms with Crippen LogP contribution in [-0.4, -0.2) is 44.9 Å². The summed E-state index contributed by atoms with van der Waals surface area (Å²) in [5.74, 6) is 2.09. The van der Waals surface area contributed by atoms with Gasteiger partial charge in [0.2, 0.25) is 0 Å². The van der Waals surface area contributed by atoms with Crippen LogP contribution in [0.2, 0.25) is 0 Å². The van der Waals surface area contributed by atoms with Crippen molar-refractivity contribution in [2.75, 3.05) is 0 Å². The van der Waals surface area contributed by atoms with Gasteiger partial charge in [-0.15, -0.1) is 34.0 Å². The summed E-state index contributed by atoms with van der Waals surface area (Å²) in [6.07, 6.45) is 0. The maximum atomic E-state index is 5.40. The number of pyridine rings is 3. The summed E-state index contributed by atoms with van der Waals surface area (Å²) in [5, 5.41) is 10.9. The minimum Gasteiger partial charge on any atom is -0.247 e. The van der Waals surface area contributed by atoms with Crippen LogP contribution < -0.4 is 0 Å². The molecule has 0 saturated heterocycles. The maximum absolute atomic E-state index is 5.40. The Kier molecular flexibility index (Phi) is 23.5. The van der Waals surface area contributed by atoms with E-state index in [1.807, 2.05) is 119 Å². The van der Waals surface area contributed by atoms with Gasteiger partial charge in [0, 0.05) is 143 Å². The molecule has 0 N–H and O–H groups in total. The number of fused-ring (bicyclic) bond motifs is 15. The third-order valence-corrected chi connectivity index (χ3v) is 30.9. The van der Waals surface area contributed by atoms with Crippen molar-refractivity contribution < 1.29 is 0 Å². The molecule has 0 aliphatic rings. The number of hydrogen-bond acceptors (Lipinski definition) is 12. The average molecular weight is 1930 g/mol. The lowest BCUT2D eigenvalue weighted by molar-refractivity contribution is 1.18. The molecule has 19 aromatic carbocycles. The number of nitrogens with zero attached hydrogens (tertiary/aromatic N) is 9. The van der Waals surface area contributed by atoms with Crippen molar-refractivity contribution in [1.82, 2.24) is 44.9 Å². The monoisotopic (exact) mass is 1930 g/mol. The Balaban J connectivity index is 0.000000112. The molecule has 12 heteroatoms. The average Bonchev–Trinajstić information content (AvgIpc) is 1.59. The molecule has 0 amide bonds. The lowest BCUT2D eigenvalue weighted by Gasteiger charge is -2.12. The van der Waals surface area contributed by atoms with Crippen molar-refractivity contribution in [3.63, 3.8) is 0 Å². The number of thiophene rings is 3. The molecule has 0 atom stereocenters. The molecule has 0 unspecified atom stereocenters. The normalized spacial score (nSPS) is 11.4. The first kappa shape index (κ1) is 88.5. The number of hydrogen-bond donors (Lipinski definition) is 0. The van der Waals surface area contributed by atoms with Crippen LogP contribution in [0.1, 0.15) is 0 Å². The van der Waals surface area contributed by atoms with E-state index in [0.29, 0.717) is 17.5 Å². The summed E-state index contributed by atoms with van der Waals surface area (Å²) < 4.78 is 7.58. The zero-order valence-corrected chi connectivity index (χ0v) is 81.8.